The average Bonchev–Trinajstić information content (AvgIpc) is 2.90. The first-order chi connectivity index (χ1) is 9.09. The van der Waals surface area contributed by atoms with Crippen molar-refractivity contribution in [1.82, 2.24) is 4.98 Å². The van der Waals surface area contributed by atoms with Crippen LogP contribution in [0.3, 0.4) is 0 Å². The zero-order chi connectivity index (χ0) is 13.9. The van der Waals surface area contributed by atoms with Crippen LogP contribution in [0.2, 0.25) is 0 Å². The summed E-state index contributed by atoms with van der Waals surface area (Å²) in [4.78, 5) is 4.75. The first-order valence-corrected chi connectivity index (χ1v) is 8.06. The number of sulfonamides is 1. The minimum atomic E-state index is -3.52. The van der Waals surface area contributed by atoms with Gasteiger partial charge in [-0.2, -0.15) is 0 Å². The van der Waals surface area contributed by atoms with Crippen molar-refractivity contribution in [2.24, 2.45) is 5.73 Å². The minimum absolute atomic E-state index is 0.312. The summed E-state index contributed by atoms with van der Waals surface area (Å²) in [5, 5.41) is 0. The zero-order valence-corrected chi connectivity index (χ0v) is 12.1. The van der Waals surface area contributed by atoms with Crippen molar-refractivity contribution in [1.29, 1.82) is 0 Å². The predicted molar refractivity (Wildman–Crippen MR) is 76.7 cm³/mol. The number of rotatable bonds is 5. The standard InChI is InChI=1S/C12H15N3O2S2/c1-2-15(10-5-7-14-8-6-10)19(16,17)12-4-3-11(9-13)18-12/h3-8H,2,9,13H2,1H3. The summed E-state index contributed by atoms with van der Waals surface area (Å²) in [6.07, 6.45) is 3.15. The van der Waals surface area contributed by atoms with E-state index in [1.54, 1.807) is 43.6 Å². The Balaban J connectivity index is 2.42. The molecule has 0 aliphatic carbocycles. The van der Waals surface area contributed by atoms with Crippen molar-refractivity contribution in [2.45, 2.75) is 17.7 Å². The maximum atomic E-state index is 12.6. The molecule has 0 aromatic carbocycles. The summed E-state index contributed by atoms with van der Waals surface area (Å²) in [7, 11) is -3.52. The van der Waals surface area contributed by atoms with Gasteiger partial charge >= 0.3 is 0 Å². The Kier molecular flexibility index (Phi) is 4.18. The third-order valence-electron chi connectivity index (χ3n) is 2.62. The Hall–Kier alpha value is -1.44. The van der Waals surface area contributed by atoms with Gasteiger partial charge in [-0.25, -0.2) is 8.42 Å². The van der Waals surface area contributed by atoms with Crippen molar-refractivity contribution in [2.75, 3.05) is 10.8 Å². The molecule has 0 spiro atoms. The van der Waals surface area contributed by atoms with Crippen molar-refractivity contribution in [3.05, 3.63) is 41.5 Å². The molecule has 0 radical (unpaired) electrons. The van der Waals surface area contributed by atoms with E-state index in [0.29, 0.717) is 23.0 Å². The van der Waals surface area contributed by atoms with Gasteiger partial charge in [-0.05, 0) is 31.2 Å². The number of pyridine rings is 1. The van der Waals surface area contributed by atoms with Crippen LogP contribution in [-0.4, -0.2) is 19.9 Å². The Morgan fingerprint density at radius 3 is 2.47 bits per heavy atom. The minimum Gasteiger partial charge on any atom is -0.326 e. The summed E-state index contributed by atoms with van der Waals surface area (Å²) in [6.45, 7) is 2.51. The molecule has 0 aliphatic rings. The highest BCUT2D eigenvalue weighted by atomic mass is 32.2. The average molecular weight is 297 g/mol. The fraction of sp³-hybridized carbons (Fsp3) is 0.250. The first-order valence-electron chi connectivity index (χ1n) is 5.81. The highest BCUT2D eigenvalue weighted by Crippen LogP contribution is 2.27. The van der Waals surface area contributed by atoms with Crippen LogP contribution in [0.15, 0.2) is 40.9 Å². The molecule has 0 fully saturated rings. The SMILES string of the molecule is CCN(c1ccncc1)S(=O)(=O)c1ccc(CN)s1. The Labute approximate surface area is 116 Å². The number of nitrogens with two attached hydrogens (primary N) is 1. The molecule has 0 saturated heterocycles. The van der Waals surface area contributed by atoms with Gasteiger partial charge in [-0.1, -0.05) is 0 Å². The number of thiophene rings is 1. The molecule has 2 rings (SSSR count). The Morgan fingerprint density at radius 1 is 1.26 bits per heavy atom. The summed E-state index contributed by atoms with van der Waals surface area (Å²) < 4.78 is 26.8. The number of hydrogen-bond acceptors (Lipinski definition) is 5. The molecule has 0 amide bonds. The van der Waals surface area contributed by atoms with Crippen molar-refractivity contribution in [3.8, 4) is 0 Å². The van der Waals surface area contributed by atoms with Crippen LogP contribution in [-0.2, 0) is 16.6 Å². The number of nitrogens with zero attached hydrogens (tertiary/aromatic N) is 2. The molecule has 2 aromatic heterocycles. The molecule has 0 bridgehead atoms. The van der Waals surface area contributed by atoms with E-state index in [4.69, 9.17) is 5.73 Å². The third kappa shape index (κ3) is 2.78. The van der Waals surface area contributed by atoms with Gasteiger partial charge in [0.2, 0.25) is 0 Å². The van der Waals surface area contributed by atoms with Gasteiger partial charge in [-0.15, -0.1) is 11.3 Å². The maximum absolute atomic E-state index is 12.6. The van der Waals surface area contributed by atoms with Gasteiger partial charge in [0.05, 0.1) is 5.69 Å². The molecule has 2 heterocycles. The van der Waals surface area contributed by atoms with E-state index in [1.807, 2.05) is 0 Å². The molecule has 0 unspecified atom stereocenters. The summed E-state index contributed by atoms with van der Waals surface area (Å²) in [6, 6.07) is 6.71. The molecular formula is C12H15N3O2S2. The highest BCUT2D eigenvalue weighted by Gasteiger charge is 2.25. The van der Waals surface area contributed by atoms with Crippen molar-refractivity contribution in [3.63, 3.8) is 0 Å². The monoisotopic (exact) mass is 297 g/mol. The lowest BCUT2D eigenvalue weighted by molar-refractivity contribution is 0.594. The second kappa shape index (κ2) is 5.68. The molecular weight excluding hydrogens is 282 g/mol. The fourth-order valence-electron chi connectivity index (χ4n) is 1.72. The van der Waals surface area contributed by atoms with Crippen molar-refractivity contribution < 1.29 is 8.42 Å². The number of aromatic nitrogens is 1. The van der Waals surface area contributed by atoms with Gasteiger partial charge in [0.15, 0.2) is 0 Å². The molecule has 0 saturated carbocycles. The lowest BCUT2D eigenvalue weighted by Gasteiger charge is -2.21. The normalized spacial score (nSPS) is 11.5. The first kappa shape index (κ1) is 14.0. The van der Waals surface area contributed by atoms with E-state index in [-0.39, 0.29) is 0 Å². The number of hydrogen-bond donors (Lipinski definition) is 1. The largest absolute Gasteiger partial charge is 0.326 e. The lowest BCUT2D eigenvalue weighted by Crippen LogP contribution is -2.30. The topological polar surface area (TPSA) is 76.3 Å². The smallest absolute Gasteiger partial charge is 0.273 e. The van der Waals surface area contributed by atoms with Gasteiger partial charge in [-0.3, -0.25) is 9.29 Å². The van der Waals surface area contributed by atoms with E-state index < -0.39 is 10.0 Å². The van der Waals surface area contributed by atoms with Crippen LogP contribution in [0.5, 0.6) is 0 Å². The molecule has 0 aliphatic heterocycles. The zero-order valence-electron chi connectivity index (χ0n) is 10.5. The number of anilines is 1. The van der Waals surface area contributed by atoms with Crippen molar-refractivity contribution >= 4 is 27.0 Å². The summed E-state index contributed by atoms with van der Waals surface area (Å²) >= 11 is 1.21. The van der Waals surface area contributed by atoms with Gasteiger partial charge < -0.3 is 5.73 Å². The van der Waals surface area contributed by atoms with Crippen LogP contribution < -0.4 is 10.0 Å². The molecule has 0 atom stereocenters. The van der Waals surface area contributed by atoms with Gasteiger partial charge in [0.25, 0.3) is 10.0 Å². The summed E-state index contributed by atoms with van der Waals surface area (Å²) in [5.74, 6) is 0. The van der Waals surface area contributed by atoms with Crippen LogP contribution in [0.1, 0.15) is 11.8 Å². The quantitative estimate of drug-likeness (QED) is 0.913. The van der Waals surface area contributed by atoms with Gasteiger partial charge in [0.1, 0.15) is 4.21 Å². The second-order valence-corrected chi connectivity index (χ2v) is 7.06. The highest BCUT2D eigenvalue weighted by molar-refractivity contribution is 7.94. The summed E-state index contributed by atoms with van der Waals surface area (Å²) in [5.41, 5.74) is 6.13. The Morgan fingerprint density at radius 2 is 1.95 bits per heavy atom. The van der Waals surface area contributed by atoms with Crippen LogP contribution in [0.4, 0.5) is 5.69 Å². The van der Waals surface area contributed by atoms with Crippen LogP contribution >= 0.6 is 11.3 Å². The van der Waals surface area contributed by atoms with E-state index >= 15 is 0 Å². The van der Waals surface area contributed by atoms with Crippen LogP contribution in [0, 0.1) is 0 Å². The molecule has 7 heteroatoms. The lowest BCUT2D eigenvalue weighted by atomic mass is 10.4. The van der Waals surface area contributed by atoms with E-state index in [9.17, 15) is 8.42 Å². The van der Waals surface area contributed by atoms with E-state index in [0.717, 1.165) is 4.88 Å². The van der Waals surface area contributed by atoms with Crippen LogP contribution in [0.25, 0.3) is 0 Å². The molecule has 19 heavy (non-hydrogen) atoms. The van der Waals surface area contributed by atoms with E-state index in [2.05, 4.69) is 4.98 Å². The maximum Gasteiger partial charge on any atom is 0.273 e. The second-order valence-electron chi connectivity index (χ2n) is 3.80. The fourth-order valence-corrected chi connectivity index (χ4v) is 4.54. The third-order valence-corrected chi connectivity index (χ3v) is 6.10. The predicted octanol–water partition coefficient (Wildman–Crippen LogP) is 1.82. The molecule has 2 aromatic rings. The van der Waals surface area contributed by atoms with Gasteiger partial charge in [0, 0.05) is 30.4 Å². The molecule has 2 N–H and O–H groups in total. The Bertz CT molecular complexity index is 638. The molecule has 102 valence electrons. The van der Waals surface area contributed by atoms with E-state index in [1.165, 1.54) is 15.6 Å². The molecule has 5 nitrogen and oxygen atoms in total.